The molecule has 1 aromatic carbocycles. The second-order valence-corrected chi connectivity index (χ2v) is 5.91. The van der Waals surface area contributed by atoms with Crippen LogP contribution in [0.5, 0.6) is 0 Å². The van der Waals surface area contributed by atoms with Crippen LogP contribution >= 0.6 is 0 Å². The van der Waals surface area contributed by atoms with Crippen molar-refractivity contribution in [2.24, 2.45) is 5.73 Å². The Balaban J connectivity index is 1.69. The van der Waals surface area contributed by atoms with Crippen molar-refractivity contribution in [1.82, 2.24) is 5.32 Å². The summed E-state index contributed by atoms with van der Waals surface area (Å²) >= 11 is 0. The molecule has 1 aliphatic rings. The van der Waals surface area contributed by atoms with Crippen LogP contribution in [0.1, 0.15) is 48.0 Å². The zero-order chi connectivity index (χ0) is 16.7. The number of urea groups is 1. The summed E-state index contributed by atoms with van der Waals surface area (Å²) in [6, 6.07) is 4.73. The summed E-state index contributed by atoms with van der Waals surface area (Å²) in [5.41, 5.74) is 7.10. The molecule has 0 aliphatic carbocycles. The average molecular weight is 319 g/mol. The van der Waals surface area contributed by atoms with Crippen LogP contribution in [-0.4, -0.2) is 31.2 Å². The van der Waals surface area contributed by atoms with E-state index in [1.54, 1.807) is 18.2 Å². The van der Waals surface area contributed by atoms with Gasteiger partial charge in [0.2, 0.25) is 5.91 Å². The summed E-state index contributed by atoms with van der Waals surface area (Å²) in [5, 5.41) is 5.58. The topological polar surface area (TPSA) is 93.5 Å². The molecule has 4 N–H and O–H groups in total. The van der Waals surface area contributed by atoms with Crippen LogP contribution in [0, 0.1) is 6.92 Å². The maximum Gasteiger partial charge on any atom is 0.319 e. The minimum atomic E-state index is -0.511. The molecule has 3 amide bonds. The number of benzene rings is 1. The average Bonchev–Trinajstić information content (AvgIpc) is 3.02. The Morgan fingerprint density at radius 2 is 2.17 bits per heavy atom. The van der Waals surface area contributed by atoms with E-state index in [1.165, 1.54) is 0 Å². The van der Waals surface area contributed by atoms with Crippen molar-refractivity contribution in [3.63, 3.8) is 0 Å². The first-order chi connectivity index (χ1) is 11.1. The lowest BCUT2D eigenvalue weighted by Gasteiger charge is -2.12. The molecule has 0 unspecified atom stereocenters. The lowest BCUT2D eigenvalue weighted by Crippen LogP contribution is -2.30. The SMILES string of the molecule is Cc1ccc(C(N)=O)cc1NC(=O)NCCCC[C@@H]1CCCO1. The molecule has 2 rings (SSSR count). The van der Waals surface area contributed by atoms with Gasteiger partial charge in [-0.2, -0.15) is 0 Å². The maximum absolute atomic E-state index is 11.9. The minimum Gasteiger partial charge on any atom is -0.378 e. The van der Waals surface area contributed by atoms with Crippen molar-refractivity contribution < 1.29 is 14.3 Å². The Morgan fingerprint density at radius 1 is 1.35 bits per heavy atom. The number of hydrogen-bond donors (Lipinski definition) is 3. The molecule has 0 radical (unpaired) electrons. The van der Waals surface area contributed by atoms with Gasteiger partial charge in [0.05, 0.1) is 6.10 Å². The molecule has 6 heteroatoms. The van der Waals surface area contributed by atoms with Crippen LogP contribution < -0.4 is 16.4 Å². The highest BCUT2D eigenvalue weighted by Crippen LogP contribution is 2.18. The summed E-state index contributed by atoms with van der Waals surface area (Å²) in [4.78, 5) is 23.1. The molecule has 0 saturated carbocycles. The molecule has 1 aliphatic heterocycles. The third kappa shape index (κ3) is 5.56. The molecule has 1 heterocycles. The number of hydrogen-bond acceptors (Lipinski definition) is 3. The van der Waals surface area contributed by atoms with Gasteiger partial charge in [-0.3, -0.25) is 4.79 Å². The van der Waals surface area contributed by atoms with Crippen LogP contribution in [0.4, 0.5) is 10.5 Å². The van der Waals surface area contributed by atoms with Crippen molar-refractivity contribution >= 4 is 17.6 Å². The predicted octanol–water partition coefficient (Wildman–Crippen LogP) is 2.56. The zero-order valence-corrected chi connectivity index (χ0v) is 13.6. The number of aryl methyl sites for hydroxylation is 1. The first-order valence-corrected chi connectivity index (χ1v) is 8.13. The van der Waals surface area contributed by atoms with Gasteiger partial charge in [0.15, 0.2) is 0 Å². The molecule has 1 saturated heterocycles. The normalized spacial score (nSPS) is 17.0. The molecule has 0 aromatic heterocycles. The standard InChI is InChI=1S/C17H25N3O3/c1-12-7-8-13(16(18)21)11-15(12)20-17(22)19-9-3-2-5-14-6-4-10-23-14/h7-8,11,14H,2-6,9-10H2,1H3,(H2,18,21)(H2,19,20,22)/t14-/m1/s1. The number of rotatable bonds is 7. The molecule has 0 bridgehead atoms. The number of amides is 3. The Kier molecular flexibility index (Phi) is 6.40. The second kappa shape index (κ2) is 8.53. The highest BCUT2D eigenvalue weighted by Gasteiger charge is 2.14. The third-order valence-corrected chi connectivity index (χ3v) is 4.03. The number of unbranched alkanes of at least 4 members (excludes halogenated alkanes) is 1. The van der Waals surface area contributed by atoms with E-state index in [-0.39, 0.29) is 6.03 Å². The fraction of sp³-hybridized carbons (Fsp3) is 0.529. The number of nitrogens with one attached hydrogen (secondary N) is 2. The molecule has 1 atom stereocenters. The zero-order valence-electron chi connectivity index (χ0n) is 13.6. The largest absolute Gasteiger partial charge is 0.378 e. The Hall–Kier alpha value is -2.08. The summed E-state index contributed by atoms with van der Waals surface area (Å²) in [6.45, 7) is 3.37. The lowest BCUT2D eigenvalue weighted by molar-refractivity contribution is 0.0999. The molecule has 0 spiro atoms. The highest BCUT2D eigenvalue weighted by molar-refractivity contribution is 5.96. The van der Waals surface area contributed by atoms with Gasteiger partial charge in [-0.15, -0.1) is 0 Å². The van der Waals surface area contributed by atoms with Gasteiger partial charge in [-0.05, 0) is 56.7 Å². The van der Waals surface area contributed by atoms with E-state index in [1.807, 2.05) is 6.92 Å². The van der Waals surface area contributed by atoms with Gasteiger partial charge in [-0.1, -0.05) is 6.07 Å². The summed E-state index contributed by atoms with van der Waals surface area (Å²) in [5.74, 6) is -0.511. The number of primary amides is 1. The van der Waals surface area contributed by atoms with Gasteiger partial charge in [0.1, 0.15) is 0 Å². The molecular weight excluding hydrogens is 294 g/mol. The molecule has 6 nitrogen and oxygen atoms in total. The van der Waals surface area contributed by atoms with E-state index in [0.29, 0.717) is 23.9 Å². The van der Waals surface area contributed by atoms with Crippen LogP contribution in [0.3, 0.4) is 0 Å². The first-order valence-electron chi connectivity index (χ1n) is 8.13. The van der Waals surface area contributed by atoms with E-state index in [2.05, 4.69) is 10.6 Å². The van der Waals surface area contributed by atoms with Crippen LogP contribution in [0.15, 0.2) is 18.2 Å². The number of nitrogens with two attached hydrogens (primary N) is 1. The number of carbonyl (C=O) groups excluding carboxylic acids is 2. The van der Waals surface area contributed by atoms with E-state index >= 15 is 0 Å². The van der Waals surface area contributed by atoms with Crippen molar-refractivity contribution in [3.8, 4) is 0 Å². The van der Waals surface area contributed by atoms with E-state index < -0.39 is 5.91 Å². The van der Waals surface area contributed by atoms with E-state index in [0.717, 1.165) is 44.3 Å². The summed E-state index contributed by atoms with van der Waals surface area (Å²) in [7, 11) is 0. The molecule has 23 heavy (non-hydrogen) atoms. The van der Waals surface area contributed by atoms with Crippen molar-refractivity contribution in [3.05, 3.63) is 29.3 Å². The third-order valence-electron chi connectivity index (χ3n) is 4.03. The Morgan fingerprint density at radius 3 is 2.87 bits per heavy atom. The first kappa shape index (κ1) is 17.3. The second-order valence-electron chi connectivity index (χ2n) is 5.91. The molecule has 1 fully saturated rings. The number of ether oxygens (including phenoxy) is 1. The van der Waals surface area contributed by atoms with Crippen LogP contribution in [0.25, 0.3) is 0 Å². The fourth-order valence-electron chi connectivity index (χ4n) is 2.65. The van der Waals surface area contributed by atoms with E-state index in [4.69, 9.17) is 10.5 Å². The molecule has 1 aromatic rings. The molecular formula is C17H25N3O3. The van der Waals surface area contributed by atoms with Gasteiger partial charge >= 0.3 is 6.03 Å². The van der Waals surface area contributed by atoms with Crippen molar-refractivity contribution in [2.45, 2.75) is 45.1 Å². The summed E-state index contributed by atoms with van der Waals surface area (Å²) < 4.78 is 5.57. The number of carbonyl (C=O) groups is 2. The molecule has 126 valence electrons. The van der Waals surface area contributed by atoms with Crippen molar-refractivity contribution in [2.75, 3.05) is 18.5 Å². The smallest absolute Gasteiger partial charge is 0.319 e. The predicted molar refractivity (Wildman–Crippen MR) is 89.5 cm³/mol. The summed E-state index contributed by atoms with van der Waals surface area (Å²) in [6.07, 6.45) is 5.75. The van der Waals surface area contributed by atoms with Gasteiger partial charge < -0.3 is 21.1 Å². The Labute approximate surface area is 136 Å². The van der Waals surface area contributed by atoms with Gasteiger partial charge in [-0.25, -0.2) is 4.79 Å². The highest BCUT2D eigenvalue weighted by atomic mass is 16.5. The number of anilines is 1. The minimum absolute atomic E-state index is 0.271. The monoisotopic (exact) mass is 319 g/mol. The van der Waals surface area contributed by atoms with Crippen LogP contribution in [-0.2, 0) is 4.74 Å². The quantitative estimate of drug-likeness (QED) is 0.674. The maximum atomic E-state index is 11.9. The fourth-order valence-corrected chi connectivity index (χ4v) is 2.65. The van der Waals surface area contributed by atoms with Crippen molar-refractivity contribution in [1.29, 1.82) is 0 Å². The van der Waals surface area contributed by atoms with E-state index in [9.17, 15) is 9.59 Å². The Bertz CT molecular complexity index is 554. The van der Waals surface area contributed by atoms with Gasteiger partial charge in [0.25, 0.3) is 0 Å². The van der Waals surface area contributed by atoms with Crippen LogP contribution in [0.2, 0.25) is 0 Å². The van der Waals surface area contributed by atoms with Gasteiger partial charge in [0, 0.05) is 24.4 Å². The lowest BCUT2D eigenvalue weighted by atomic mass is 10.1.